The first kappa shape index (κ1) is 21.8. The molecule has 33 heavy (non-hydrogen) atoms. The number of carbonyl (C=O) groups is 1. The number of halogens is 4. The van der Waals surface area contributed by atoms with E-state index in [0.29, 0.717) is 17.1 Å². The number of ether oxygens (including phenoxy) is 1. The lowest BCUT2D eigenvalue weighted by Gasteiger charge is -2.12. The van der Waals surface area contributed by atoms with E-state index in [1.54, 1.807) is 18.3 Å². The van der Waals surface area contributed by atoms with Gasteiger partial charge in [0.1, 0.15) is 17.3 Å². The summed E-state index contributed by atoms with van der Waals surface area (Å²) < 4.78 is 57.9. The molecule has 0 saturated carbocycles. The Labute approximate surface area is 184 Å². The number of carbonyl (C=O) groups excluding carboxylic acids is 1. The van der Waals surface area contributed by atoms with Crippen molar-refractivity contribution in [1.82, 2.24) is 15.0 Å². The van der Waals surface area contributed by atoms with E-state index < -0.39 is 23.6 Å². The molecule has 0 aliphatic carbocycles. The molecule has 0 atom stereocenters. The molecule has 0 aliphatic heterocycles. The van der Waals surface area contributed by atoms with Gasteiger partial charge in [0.15, 0.2) is 0 Å². The average molecular weight is 457 g/mol. The molecule has 0 spiro atoms. The zero-order chi connectivity index (χ0) is 23.4. The highest BCUT2D eigenvalue weighted by molar-refractivity contribution is 5.99. The lowest BCUT2D eigenvalue weighted by atomic mass is 10.2. The molecule has 0 unspecified atom stereocenters. The van der Waals surface area contributed by atoms with Gasteiger partial charge in [-0.3, -0.25) is 4.98 Å². The van der Waals surface area contributed by atoms with Crippen molar-refractivity contribution in [3.8, 4) is 22.9 Å². The number of nitrogens with zero attached hydrogens (tertiary/aromatic N) is 2. The van der Waals surface area contributed by atoms with E-state index in [4.69, 9.17) is 4.74 Å². The monoisotopic (exact) mass is 457 g/mol. The number of alkyl halides is 3. The predicted molar refractivity (Wildman–Crippen MR) is 112 cm³/mol. The number of anilines is 2. The summed E-state index contributed by atoms with van der Waals surface area (Å²) >= 11 is 0. The highest BCUT2D eigenvalue weighted by Crippen LogP contribution is 2.30. The molecule has 0 fully saturated rings. The summed E-state index contributed by atoms with van der Waals surface area (Å²) in [4.78, 5) is 23.3. The van der Waals surface area contributed by atoms with Crippen molar-refractivity contribution in [2.75, 3.05) is 10.6 Å². The fourth-order valence-corrected chi connectivity index (χ4v) is 2.84. The Morgan fingerprint density at radius 1 is 0.970 bits per heavy atom. The van der Waals surface area contributed by atoms with Crippen LogP contribution in [0.15, 0.2) is 73.3 Å². The van der Waals surface area contributed by atoms with E-state index in [9.17, 15) is 22.4 Å². The van der Waals surface area contributed by atoms with Gasteiger partial charge < -0.3 is 20.4 Å². The molecule has 2 aromatic heterocycles. The topological polar surface area (TPSA) is 91.9 Å². The largest absolute Gasteiger partial charge is 0.457 e. The standard InChI is InChI=1S/C22H15F4N5O2/c23-17-6-5-15(33-16-7-8-28-19(10-16)20-11-27-12-29-20)9-18(17)31-21(32)30-14-3-1-13(2-4-14)22(24,25)26/h1-12H,(H,27,29)(H2,30,31,32). The third kappa shape index (κ3) is 5.45. The molecular weight excluding hydrogens is 442 g/mol. The number of aromatic nitrogens is 3. The summed E-state index contributed by atoms with van der Waals surface area (Å²) in [6.07, 6.45) is 0.156. The van der Waals surface area contributed by atoms with Crippen LogP contribution < -0.4 is 15.4 Å². The van der Waals surface area contributed by atoms with E-state index in [-0.39, 0.29) is 17.1 Å². The number of pyridine rings is 1. The predicted octanol–water partition coefficient (Wildman–Crippen LogP) is 6.07. The maximum absolute atomic E-state index is 14.2. The summed E-state index contributed by atoms with van der Waals surface area (Å²) in [6.45, 7) is 0. The Morgan fingerprint density at radius 2 is 1.73 bits per heavy atom. The molecule has 0 bridgehead atoms. The van der Waals surface area contributed by atoms with E-state index >= 15 is 0 Å². The van der Waals surface area contributed by atoms with Crippen molar-refractivity contribution in [3.05, 3.63) is 84.7 Å². The fraction of sp³-hybridized carbons (Fsp3) is 0.0455. The maximum atomic E-state index is 14.2. The molecule has 2 amide bonds. The van der Waals surface area contributed by atoms with Gasteiger partial charge in [0, 0.05) is 24.0 Å². The van der Waals surface area contributed by atoms with Crippen molar-refractivity contribution in [2.45, 2.75) is 6.18 Å². The van der Waals surface area contributed by atoms with Crippen molar-refractivity contribution in [3.63, 3.8) is 0 Å². The molecule has 4 aromatic rings. The molecule has 11 heteroatoms. The van der Waals surface area contributed by atoms with Gasteiger partial charge in [-0.15, -0.1) is 0 Å². The molecule has 2 heterocycles. The minimum atomic E-state index is -4.49. The van der Waals surface area contributed by atoms with Crippen LogP contribution in [0.1, 0.15) is 5.56 Å². The molecule has 4 rings (SSSR count). The highest BCUT2D eigenvalue weighted by Gasteiger charge is 2.30. The van der Waals surface area contributed by atoms with Gasteiger partial charge in [-0.2, -0.15) is 13.2 Å². The van der Waals surface area contributed by atoms with Crippen LogP contribution in [0, 0.1) is 5.82 Å². The second kappa shape index (κ2) is 8.99. The van der Waals surface area contributed by atoms with Crippen LogP contribution in [0.25, 0.3) is 11.4 Å². The molecule has 3 N–H and O–H groups in total. The van der Waals surface area contributed by atoms with Gasteiger partial charge in [0.05, 0.1) is 35.2 Å². The van der Waals surface area contributed by atoms with Crippen LogP contribution in [0.3, 0.4) is 0 Å². The Balaban J connectivity index is 1.44. The molecule has 168 valence electrons. The summed E-state index contributed by atoms with van der Waals surface area (Å²) in [5.74, 6) is -0.0675. The number of rotatable bonds is 5. The number of aromatic amines is 1. The summed E-state index contributed by atoms with van der Waals surface area (Å²) in [6, 6.07) is 10.0. The summed E-state index contributed by atoms with van der Waals surface area (Å²) in [5, 5.41) is 4.66. The lowest BCUT2D eigenvalue weighted by molar-refractivity contribution is -0.137. The molecule has 0 radical (unpaired) electrons. The molecule has 2 aromatic carbocycles. The van der Waals surface area contributed by atoms with Crippen LogP contribution in [0.5, 0.6) is 11.5 Å². The molecule has 0 saturated heterocycles. The minimum Gasteiger partial charge on any atom is -0.457 e. The zero-order valence-corrected chi connectivity index (χ0v) is 16.7. The van der Waals surface area contributed by atoms with Crippen molar-refractivity contribution < 1.29 is 27.1 Å². The molecule has 0 aliphatic rings. The number of urea groups is 1. The second-order valence-corrected chi connectivity index (χ2v) is 6.74. The van der Waals surface area contributed by atoms with Crippen LogP contribution >= 0.6 is 0 Å². The van der Waals surface area contributed by atoms with Gasteiger partial charge in [-0.05, 0) is 42.5 Å². The van der Waals surface area contributed by atoms with E-state index in [1.807, 2.05) is 0 Å². The second-order valence-electron chi connectivity index (χ2n) is 6.74. The fourth-order valence-electron chi connectivity index (χ4n) is 2.84. The van der Waals surface area contributed by atoms with E-state index in [0.717, 1.165) is 30.3 Å². The highest BCUT2D eigenvalue weighted by atomic mass is 19.4. The zero-order valence-electron chi connectivity index (χ0n) is 16.7. The SMILES string of the molecule is O=C(Nc1ccc(C(F)(F)F)cc1)Nc1cc(Oc2ccnc(-c3cnc[nH]3)c2)ccc1F. The van der Waals surface area contributed by atoms with Crippen LogP contribution in [0.4, 0.5) is 33.7 Å². The van der Waals surface area contributed by atoms with Crippen molar-refractivity contribution in [2.24, 2.45) is 0 Å². The number of amides is 2. The summed E-state index contributed by atoms with van der Waals surface area (Å²) in [5.41, 5.74) is 0.343. The van der Waals surface area contributed by atoms with Crippen LogP contribution in [-0.2, 0) is 6.18 Å². The van der Waals surface area contributed by atoms with Gasteiger partial charge in [0.25, 0.3) is 0 Å². The van der Waals surface area contributed by atoms with Gasteiger partial charge >= 0.3 is 12.2 Å². The van der Waals surface area contributed by atoms with Crippen LogP contribution in [0.2, 0.25) is 0 Å². The first-order chi connectivity index (χ1) is 15.8. The number of hydrogen-bond acceptors (Lipinski definition) is 4. The number of imidazole rings is 1. The quantitative estimate of drug-likeness (QED) is 0.318. The number of H-pyrrole nitrogens is 1. The van der Waals surface area contributed by atoms with E-state index in [1.165, 1.54) is 24.7 Å². The summed E-state index contributed by atoms with van der Waals surface area (Å²) in [7, 11) is 0. The maximum Gasteiger partial charge on any atom is 0.416 e. The number of benzene rings is 2. The normalized spacial score (nSPS) is 11.2. The van der Waals surface area contributed by atoms with Gasteiger partial charge in [-0.1, -0.05) is 0 Å². The average Bonchev–Trinajstić information content (AvgIpc) is 3.31. The number of hydrogen-bond donors (Lipinski definition) is 3. The molecule has 7 nitrogen and oxygen atoms in total. The third-order valence-corrected chi connectivity index (χ3v) is 4.40. The first-order valence-corrected chi connectivity index (χ1v) is 9.45. The van der Waals surface area contributed by atoms with Crippen molar-refractivity contribution >= 4 is 17.4 Å². The van der Waals surface area contributed by atoms with E-state index in [2.05, 4.69) is 25.6 Å². The number of nitrogens with one attached hydrogen (secondary N) is 3. The third-order valence-electron chi connectivity index (χ3n) is 4.40. The first-order valence-electron chi connectivity index (χ1n) is 9.45. The lowest BCUT2D eigenvalue weighted by Crippen LogP contribution is -2.20. The van der Waals surface area contributed by atoms with Crippen molar-refractivity contribution in [1.29, 1.82) is 0 Å². The minimum absolute atomic E-state index is 0.108. The van der Waals surface area contributed by atoms with Gasteiger partial charge in [0.2, 0.25) is 0 Å². The Kier molecular flexibility index (Phi) is 5.94. The Hall–Kier alpha value is -4.41. The Morgan fingerprint density at radius 3 is 2.42 bits per heavy atom. The van der Waals surface area contributed by atoms with Crippen LogP contribution in [-0.4, -0.2) is 21.0 Å². The van der Waals surface area contributed by atoms with Gasteiger partial charge in [-0.25, -0.2) is 14.2 Å². The smallest absolute Gasteiger partial charge is 0.416 e. The Bertz CT molecular complexity index is 1260. The molecular formula is C22H15F4N5O2.